The predicted molar refractivity (Wildman–Crippen MR) is 89.8 cm³/mol. The molecule has 2 rings (SSSR count). The molecule has 0 radical (unpaired) electrons. The molecule has 21 heavy (non-hydrogen) atoms. The fourth-order valence-electron chi connectivity index (χ4n) is 2.16. The molecule has 1 nitrogen and oxygen atoms in total. The Morgan fingerprint density at radius 2 is 1.52 bits per heavy atom. The Morgan fingerprint density at radius 1 is 0.952 bits per heavy atom. The van der Waals surface area contributed by atoms with Crippen molar-refractivity contribution in [1.29, 1.82) is 5.26 Å². The lowest BCUT2D eigenvalue weighted by molar-refractivity contribution is 0.590. The fourth-order valence-corrected chi connectivity index (χ4v) is 2.16. The fraction of sp³-hybridized carbons (Fsp3) is 0.250. The van der Waals surface area contributed by atoms with E-state index in [0.717, 1.165) is 11.1 Å². The molecule has 0 aliphatic heterocycles. The van der Waals surface area contributed by atoms with Crippen LogP contribution in [0.2, 0.25) is 0 Å². The standard InChI is InChI=1S/C20H21N/c1-15-5-9-17(10-6-15)18(14-21)13-16-7-11-19(12-8-16)20(2,3)4/h5-13H,1-4H3/b18-13-. The van der Waals surface area contributed by atoms with Crippen LogP contribution in [0.3, 0.4) is 0 Å². The Morgan fingerprint density at radius 3 is 2.00 bits per heavy atom. The summed E-state index contributed by atoms with van der Waals surface area (Å²) in [6, 6.07) is 18.8. The third kappa shape index (κ3) is 3.83. The highest BCUT2D eigenvalue weighted by Crippen LogP contribution is 2.24. The van der Waals surface area contributed by atoms with E-state index in [0.29, 0.717) is 5.57 Å². The van der Waals surface area contributed by atoms with Crippen molar-refractivity contribution in [2.75, 3.05) is 0 Å². The lowest BCUT2D eigenvalue weighted by atomic mass is 9.86. The molecule has 0 spiro atoms. The van der Waals surface area contributed by atoms with E-state index in [9.17, 15) is 5.26 Å². The molecule has 0 aromatic heterocycles. The molecule has 106 valence electrons. The van der Waals surface area contributed by atoms with Crippen LogP contribution in [0.4, 0.5) is 0 Å². The Bertz CT molecular complexity index is 675. The zero-order valence-corrected chi connectivity index (χ0v) is 13.1. The van der Waals surface area contributed by atoms with Crippen molar-refractivity contribution in [2.24, 2.45) is 0 Å². The normalized spacial score (nSPS) is 12.0. The third-order valence-electron chi connectivity index (χ3n) is 3.57. The van der Waals surface area contributed by atoms with Crippen molar-refractivity contribution in [3.05, 3.63) is 70.8 Å². The van der Waals surface area contributed by atoms with E-state index < -0.39 is 0 Å². The molecule has 0 amide bonds. The predicted octanol–water partition coefficient (Wildman–Crippen LogP) is 5.36. The van der Waals surface area contributed by atoms with Gasteiger partial charge in [0.05, 0.1) is 11.6 Å². The van der Waals surface area contributed by atoms with Gasteiger partial charge in [0, 0.05) is 0 Å². The van der Waals surface area contributed by atoms with Crippen molar-refractivity contribution in [1.82, 2.24) is 0 Å². The van der Waals surface area contributed by atoms with Crippen molar-refractivity contribution in [2.45, 2.75) is 33.1 Å². The molecule has 0 saturated heterocycles. The maximum atomic E-state index is 9.38. The molecular formula is C20H21N. The van der Waals surface area contributed by atoms with Crippen LogP contribution < -0.4 is 0 Å². The maximum absolute atomic E-state index is 9.38. The molecule has 0 unspecified atom stereocenters. The molecule has 2 aromatic rings. The Hall–Kier alpha value is -2.33. The quantitative estimate of drug-likeness (QED) is 0.535. The Kier molecular flexibility index (Phi) is 4.29. The highest BCUT2D eigenvalue weighted by atomic mass is 14.2. The van der Waals surface area contributed by atoms with Crippen LogP contribution in [0.15, 0.2) is 48.5 Å². The van der Waals surface area contributed by atoms with Crippen LogP contribution in [0.25, 0.3) is 11.6 Å². The second-order valence-electron chi connectivity index (χ2n) is 6.41. The highest BCUT2D eigenvalue weighted by Gasteiger charge is 2.12. The zero-order valence-electron chi connectivity index (χ0n) is 13.1. The van der Waals surface area contributed by atoms with Gasteiger partial charge in [0.1, 0.15) is 0 Å². The number of hydrogen-bond donors (Lipinski definition) is 0. The van der Waals surface area contributed by atoms with Gasteiger partial charge < -0.3 is 0 Å². The first-order valence-corrected chi connectivity index (χ1v) is 7.19. The SMILES string of the molecule is Cc1ccc(/C(C#N)=C\c2ccc(C(C)(C)C)cc2)cc1. The van der Waals surface area contributed by atoms with Crippen LogP contribution in [0.1, 0.15) is 43.0 Å². The van der Waals surface area contributed by atoms with Gasteiger partial charge in [-0.25, -0.2) is 0 Å². The van der Waals surface area contributed by atoms with Crippen molar-refractivity contribution < 1.29 is 0 Å². The summed E-state index contributed by atoms with van der Waals surface area (Å²) in [5.41, 5.74) is 5.36. The van der Waals surface area contributed by atoms with Gasteiger partial charge in [-0.3, -0.25) is 0 Å². The topological polar surface area (TPSA) is 23.8 Å². The summed E-state index contributed by atoms with van der Waals surface area (Å²) in [7, 11) is 0. The molecule has 2 aromatic carbocycles. The zero-order chi connectivity index (χ0) is 15.5. The van der Waals surface area contributed by atoms with Crippen LogP contribution in [-0.2, 0) is 5.41 Å². The third-order valence-corrected chi connectivity index (χ3v) is 3.57. The maximum Gasteiger partial charge on any atom is 0.0998 e. The number of benzene rings is 2. The largest absolute Gasteiger partial charge is 0.192 e. The molecule has 1 heteroatoms. The monoisotopic (exact) mass is 275 g/mol. The second-order valence-corrected chi connectivity index (χ2v) is 6.41. The van der Waals surface area contributed by atoms with Gasteiger partial charge in [-0.15, -0.1) is 0 Å². The summed E-state index contributed by atoms with van der Waals surface area (Å²) >= 11 is 0. The smallest absolute Gasteiger partial charge is 0.0998 e. The van der Waals surface area contributed by atoms with Crippen molar-refractivity contribution in [3.63, 3.8) is 0 Å². The van der Waals surface area contributed by atoms with Gasteiger partial charge in [-0.05, 0) is 35.1 Å². The van der Waals surface area contributed by atoms with Gasteiger partial charge in [-0.2, -0.15) is 5.26 Å². The first-order valence-electron chi connectivity index (χ1n) is 7.19. The molecule has 0 fully saturated rings. The van der Waals surface area contributed by atoms with E-state index in [4.69, 9.17) is 0 Å². The summed E-state index contributed by atoms with van der Waals surface area (Å²) in [6.07, 6.45) is 1.94. The average molecular weight is 275 g/mol. The molecule has 0 N–H and O–H groups in total. The van der Waals surface area contributed by atoms with E-state index in [1.807, 2.05) is 37.3 Å². The van der Waals surface area contributed by atoms with Gasteiger partial charge in [-0.1, -0.05) is 74.9 Å². The molecule has 0 bridgehead atoms. The van der Waals surface area contributed by atoms with Gasteiger partial charge in [0.2, 0.25) is 0 Å². The number of hydrogen-bond acceptors (Lipinski definition) is 1. The minimum atomic E-state index is 0.150. The van der Waals surface area contributed by atoms with E-state index in [1.165, 1.54) is 11.1 Å². The molecule has 0 atom stereocenters. The summed E-state index contributed by atoms with van der Waals surface area (Å²) < 4.78 is 0. The van der Waals surface area contributed by atoms with E-state index in [-0.39, 0.29) is 5.41 Å². The first-order chi connectivity index (χ1) is 9.90. The number of allylic oxidation sites excluding steroid dienone is 1. The van der Waals surface area contributed by atoms with Gasteiger partial charge in [0.15, 0.2) is 0 Å². The van der Waals surface area contributed by atoms with Crippen LogP contribution in [0, 0.1) is 18.3 Å². The summed E-state index contributed by atoms with van der Waals surface area (Å²) in [4.78, 5) is 0. The van der Waals surface area contributed by atoms with E-state index >= 15 is 0 Å². The minimum Gasteiger partial charge on any atom is -0.192 e. The van der Waals surface area contributed by atoms with E-state index in [2.05, 4.69) is 51.1 Å². The number of rotatable bonds is 2. The van der Waals surface area contributed by atoms with Crippen LogP contribution in [-0.4, -0.2) is 0 Å². The number of aryl methyl sites for hydroxylation is 1. The summed E-state index contributed by atoms with van der Waals surface area (Å²) in [5, 5.41) is 9.38. The highest BCUT2D eigenvalue weighted by molar-refractivity contribution is 5.89. The van der Waals surface area contributed by atoms with Crippen molar-refractivity contribution >= 4 is 11.6 Å². The molecule has 0 saturated carbocycles. The van der Waals surface area contributed by atoms with Crippen LogP contribution >= 0.6 is 0 Å². The van der Waals surface area contributed by atoms with E-state index in [1.54, 1.807) is 0 Å². The molecular weight excluding hydrogens is 254 g/mol. The molecule has 0 aliphatic carbocycles. The van der Waals surface area contributed by atoms with Gasteiger partial charge in [0.25, 0.3) is 0 Å². The number of nitrogens with zero attached hydrogens (tertiary/aromatic N) is 1. The van der Waals surface area contributed by atoms with Crippen molar-refractivity contribution in [3.8, 4) is 6.07 Å². The number of nitriles is 1. The Labute approximate surface area is 127 Å². The average Bonchev–Trinajstić information content (AvgIpc) is 2.45. The lowest BCUT2D eigenvalue weighted by Gasteiger charge is -2.18. The summed E-state index contributed by atoms with van der Waals surface area (Å²) in [6.45, 7) is 8.64. The van der Waals surface area contributed by atoms with Crippen LogP contribution in [0.5, 0.6) is 0 Å². The summed E-state index contributed by atoms with van der Waals surface area (Å²) in [5.74, 6) is 0. The first kappa shape index (κ1) is 15.1. The lowest BCUT2D eigenvalue weighted by Crippen LogP contribution is -2.10. The minimum absolute atomic E-state index is 0.150. The Balaban J connectivity index is 2.33. The molecule has 0 heterocycles. The van der Waals surface area contributed by atoms with Gasteiger partial charge >= 0.3 is 0 Å². The second kappa shape index (κ2) is 5.97. The molecule has 0 aliphatic rings.